The first-order chi connectivity index (χ1) is 4.97. The van der Waals surface area contributed by atoms with Crippen LogP contribution in [0.3, 0.4) is 0 Å². The molecule has 2 nitrogen and oxygen atoms in total. The van der Waals surface area contributed by atoms with Crippen LogP contribution in [0, 0.1) is 5.92 Å². The first-order valence-corrected chi connectivity index (χ1v) is 3.82. The van der Waals surface area contributed by atoms with E-state index in [1.165, 1.54) is 18.6 Å². The molecule has 0 saturated carbocycles. The molecule has 2 rings (SSSR count). The molecule has 1 aliphatic heterocycles. The Kier molecular flexibility index (Phi) is 1.55. The highest BCUT2D eigenvalue weighted by Gasteiger charge is 2.24. The number of fused-ring (bicyclic) bond motifs is 1. The lowest BCUT2D eigenvalue weighted by molar-refractivity contribution is -0.520. The second kappa shape index (κ2) is 2.54. The normalized spacial score (nSPS) is 31.2. The molecule has 1 aliphatic carbocycles. The predicted molar refractivity (Wildman–Crippen MR) is 38.7 cm³/mol. The van der Waals surface area contributed by atoms with Crippen molar-refractivity contribution in [2.75, 3.05) is 13.3 Å². The van der Waals surface area contributed by atoms with Crippen molar-refractivity contribution in [3.63, 3.8) is 0 Å². The summed E-state index contributed by atoms with van der Waals surface area (Å²) < 4.78 is 5.27. The van der Waals surface area contributed by atoms with Gasteiger partial charge in [0, 0.05) is 6.08 Å². The maximum Gasteiger partial charge on any atom is 0.245 e. The van der Waals surface area contributed by atoms with E-state index in [1.807, 2.05) is 0 Å². The van der Waals surface area contributed by atoms with Crippen LogP contribution in [0.25, 0.3) is 0 Å². The van der Waals surface area contributed by atoms with Crippen LogP contribution in [-0.2, 0) is 4.74 Å². The van der Waals surface area contributed by atoms with Crippen molar-refractivity contribution >= 4 is 5.71 Å². The molecule has 0 fully saturated rings. The zero-order chi connectivity index (χ0) is 6.81. The second-order valence-corrected chi connectivity index (χ2v) is 2.82. The minimum atomic E-state index is 0.652. The Balaban J connectivity index is 2.21. The molecule has 0 saturated heterocycles. The third kappa shape index (κ3) is 0.991. The monoisotopic (exact) mass is 138 g/mol. The largest absolute Gasteiger partial charge is 0.323 e. The van der Waals surface area contributed by atoms with Gasteiger partial charge in [0.2, 0.25) is 6.73 Å². The third-order valence-electron chi connectivity index (χ3n) is 2.12. The summed E-state index contributed by atoms with van der Waals surface area (Å²) in [5.74, 6) is 0.652. The molecule has 1 atom stereocenters. The van der Waals surface area contributed by atoms with Crippen molar-refractivity contribution in [3.05, 3.63) is 12.2 Å². The van der Waals surface area contributed by atoms with Crippen LogP contribution in [0.1, 0.15) is 12.8 Å². The first-order valence-electron chi connectivity index (χ1n) is 3.82. The highest BCUT2D eigenvalue weighted by molar-refractivity contribution is 5.93. The Morgan fingerprint density at radius 3 is 3.50 bits per heavy atom. The Bertz CT molecular complexity index is 184. The van der Waals surface area contributed by atoms with Gasteiger partial charge in [-0.2, -0.15) is 0 Å². The summed E-state index contributed by atoms with van der Waals surface area (Å²) in [5, 5.41) is 0. The van der Waals surface area contributed by atoms with Crippen LogP contribution in [0.5, 0.6) is 0 Å². The fourth-order valence-electron chi connectivity index (χ4n) is 1.51. The van der Waals surface area contributed by atoms with Gasteiger partial charge in [-0.25, -0.2) is 4.99 Å². The van der Waals surface area contributed by atoms with E-state index in [-0.39, 0.29) is 0 Å². The van der Waals surface area contributed by atoms with Crippen molar-refractivity contribution in [2.45, 2.75) is 12.8 Å². The smallest absolute Gasteiger partial charge is 0.245 e. The fourth-order valence-corrected chi connectivity index (χ4v) is 1.51. The molecule has 10 heavy (non-hydrogen) atoms. The van der Waals surface area contributed by atoms with Crippen LogP contribution in [0.2, 0.25) is 0 Å². The Morgan fingerprint density at radius 2 is 2.60 bits per heavy atom. The van der Waals surface area contributed by atoms with E-state index in [0.717, 1.165) is 6.61 Å². The molecule has 1 heterocycles. The molecule has 2 heteroatoms. The van der Waals surface area contributed by atoms with Crippen molar-refractivity contribution in [1.29, 1.82) is 0 Å². The van der Waals surface area contributed by atoms with Gasteiger partial charge in [-0.15, -0.1) is 0 Å². The van der Waals surface area contributed by atoms with Gasteiger partial charge in [0.15, 0.2) is 5.71 Å². The summed E-state index contributed by atoms with van der Waals surface area (Å²) in [4.78, 5) is 3.23. The number of ether oxygens (including phenoxy) is 1. The van der Waals surface area contributed by atoms with Gasteiger partial charge >= 0.3 is 0 Å². The fraction of sp³-hybridized carbons (Fsp3) is 0.625. The van der Waals surface area contributed by atoms with E-state index < -0.39 is 0 Å². The van der Waals surface area contributed by atoms with Crippen LogP contribution < -0.4 is 4.99 Å². The molecule has 0 aromatic heterocycles. The van der Waals surface area contributed by atoms with Gasteiger partial charge in [-0.3, -0.25) is 0 Å². The zero-order valence-corrected chi connectivity index (χ0v) is 5.97. The Hall–Kier alpha value is -0.630. The summed E-state index contributed by atoms with van der Waals surface area (Å²) >= 11 is 0. The standard InChI is InChI=1S/C8H11NO/c1-2-4-8-7(3-1)5-10-6-9-8/h2,4,7H,1,3,5-6H2/p+1. The number of nitrogens with one attached hydrogen (secondary N) is 1. The van der Waals surface area contributed by atoms with Gasteiger partial charge in [-0.1, -0.05) is 6.08 Å². The topological polar surface area (TPSA) is 23.2 Å². The van der Waals surface area contributed by atoms with Gasteiger partial charge in [0.25, 0.3) is 0 Å². The molecule has 1 unspecified atom stereocenters. The first kappa shape index (κ1) is 6.10. The average Bonchev–Trinajstić information content (AvgIpc) is 2.05. The van der Waals surface area contributed by atoms with Crippen LogP contribution in [0.15, 0.2) is 12.2 Å². The minimum absolute atomic E-state index is 0.652. The molecule has 0 radical (unpaired) electrons. The van der Waals surface area contributed by atoms with Crippen LogP contribution in [0.4, 0.5) is 0 Å². The van der Waals surface area contributed by atoms with E-state index in [0.29, 0.717) is 12.6 Å². The Labute approximate surface area is 60.6 Å². The van der Waals surface area contributed by atoms with Crippen LogP contribution >= 0.6 is 0 Å². The highest BCUT2D eigenvalue weighted by atomic mass is 16.5. The third-order valence-corrected chi connectivity index (χ3v) is 2.12. The van der Waals surface area contributed by atoms with Gasteiger partial charge in [0.05, 0.1) is 12.5 Å². The molecule has 2 aliphatic rings. The van der Waals surface area contributed by atoms with Gasteiger partial charge < -0.3 is 4.74 Å². The molecule has 0 aromatic carbocycles. The number of rotatable bonds is 0. The maximum absolute atomic E-state index is 5.27. The summed E-state index contributed by atoms with van der Waals surface area (Å²) in [7, 11) is 0. The Morgan fingerprint density at radius 1 is 1.60 bits per heavy atom. The van der Waals surface area contributed by atoms with Crippen molar-refractivity contribution in [1.82, 2.24) is 0 Å². The summed E-state index contributed by atoms with van der Waals surface area (Å²) in [6.07, 6.45) is 6.87. The molecule has 0 bridgehead atoms. The minimum Gasteiger partial charge on any atom is -0.323 e. The quantitative estimate of drug-likeness (QED) is 0.477. The predicted octanol–water partition coefficient (Wildman–Crippen LogP) is -0.538. The van der Waals surface area contributed by atoms with E-state index in [2.05, 4.69) is 17.1 Å². The van der Waals surface area contributed by atoms with E-state index in [4.69, 9.17) is 4.74 Å². The number of hydrogen-bond acceptors (Lipinski definition) is 1. The molecular weight excluding hydrogens is 126 g/mol. The lowest BCUT2D eigenvalue weighted by Gasteiger charge is -2.18. The number of hydrogen-bond donors (Lipinski definition) is 1. The summed E-state index contributed by atoms with van der Waals surface area (Å²) in [5.41, 5.74) is 1.37. The molecular formula is C8H12NO+. The lowest BCUT2D eigenvalue weighted by Crippen LogP contribution is -2.77. The van der Waals surface area contributed by atoms with E-state index >= 15 is 0 Å². The van der Waals surface area contributed by atoms with Crippen molar-refractivity contribution in [3.8, 4) is 0 Å². The lowest BCUT2D eigenvalue weighted by atomic mass is 9.93. The summed E-state index contributed by atoms with van der Waals surface area (Å²) in [6, 6.07) is 0. The molecule has 0 amide bonds. The zero-order valence-electron chi connectivity index (χ0n) is 5.97. The maximum atomic E-state index is 5.27. The molecule has 0 aromatic rings. The van der Waals surface area contributed by atoms with E-state index in [9.17, 15) is 0 Å². The molecule has 1 N–H and O–H groups in total. The molecule has 54 valence electrons. The van der Waals surface area contributed by atoms with Gasteiger partial charge in [-0.05, 0) is 12.8 Å². The van der Waals surface area contributed by atoms with Crippen molar-refractivity contribution < 1.29 is 9.73 Å². The SMILES string of the molecule is C1=CC2=[NH+]COCC2CC1. The second-order valence-electron chi connectivity index (χ2n) is 2.82. The van der Waals surface area contributed by atoms with Gasteiger partial charge in [0.1, 0.15) is 0 Å². The average molecular weight is 138 g/mol. The molecule has 0 spiro atoms. The van der Waals surface area contributed by atoms with Crippen molar-refractivity contribution in [2.24, 2.45) is 5.92 Å². The summed E-state index contributed by atoms with van der Waals surface area (Å²) in [6.45, 7) is 1.60. The van der Waals surface area contributed by atoms with Crippen LogP contribution in [-0.4, -0.2) is 19.0 Å². The van der Waals surface area contributed by atoms with E-state index in [1.54, 1.807) is 0 Å². The highest BCUT2D eigenvalue weighted by Crippen LogP contribution is 2.14. The number of allylic oxidation sites excluding steroid dienone is 2.